The van der Waals surface area contributed by atoms with Crippen LogP contribution in [0.5, 0.6) is 5.75 Å². The summed E-state index contributed by atoms with van der Waals surface area (Å²) in [6.07, 6.45) is 10.6. The molecule has 0 bridgehead atoms. The van der Waals surface area contributed by atoms with Gasteiger partial charge in [-0.25, -0.2) is 14.4 Å². The molecule has 0 saturated heterocycles. The van der Waals surface area contributed by atoms with Gasteiger partial charge in [0.05, 0.1) is 28.3 Å². The van der Waals surface area contributed by atoms with Gasteiger partial charge in [-0.2, -0.15) is 5.10 Å². The van der Waals surface area contributed by atoms with E-state index in [0.717, 1.165) is 17.7 Å². The lowest BCUT2D eigenvalue weighted by molar-refractivity contribution is 0.100. The van der Waals surface area contributed by atoms with Gasteiger partial charge in [-0.05, 0) is 68.8 Å². The number of benzene rings is 2. The standard InChI is InChI=1S/C29H30FN7O/c1-18(15-36(2)21-6-4-7-21)38-26-13-19(20-14-34-37(3)16-20)12-25-27(26)29(33-17-32-25)35-24-10-9-23-22(28(24)30)8-5-11-31-23/h5,8-14,16-18,21H,4,6-7,15H2,1-3H3,(H,32,33,35)/t18-/m1/s1. The Kier molecular flexibility index (Phi) is 6.37. The molecule has 1 saturated carbocycles. The van der Waals surface area contributed by atoms with E-state index in [4.69, 9.17) is 4.74 Å². The summed E-state index contributed by atoms with van der Waals surface area (Å²) < 4.78 is 23.8. The number of ether oxygens (including phenoxy) is 1. The maximum Gasteiger partial charge on any atom is 0.156 e. The quantitative estimate of drug-likeness (QED) is 0.286. The number of halogens is 1. The Bertz CT molecular complexity index is 1610. The third kappa shape index (κ3) is 4.65. The number of pyridine rings is 1. The number of fused-ring (bicyclic) bond motifs is 2. The minimum atomic E-state index is -0.382. The van der Waals surface area contributed by atoms with Gasteiger partial charge in [-0.3, -0.25) is 14.6 Å². The van der Waals surface area contributed by atoms with Crippen LogP contribution in [-0.2, 0) is 7.05 Å². The molecule has 5 aromatic rings. The molecule has 9 heteroatoms. The fraction of sp³-hybridized carbons (Fsp3) is 0.310. The summed E-state index contributed by atoms with van der Waals surface area (Å²) in [5.74, 6) is 0.735. The molecule has 0 amide bonds. The maximum atomic E-state index is 15.4. The minimum Gasteiger partial charge on any atom is -0.489 e. The van der Waals surface area contributed by atoms with E-state index in [0.29, 0.717) is 45.1 Å². The first kappa shape index (κ1) is 24.2. The predicted molar refractivity (Wildman–Crippen MR) is 147 cm³/mol. The summed E-state index contributed by atoms with van der Waals surface area (Å²) in [6, 6.07) is 11.5. The van der Waals surface area contributed by atoms with Gasteiger partial charge in [-0.1, -0.05) is 6.42 Å². The largest absolute Gasteiger partial charge is 0.489 e. The van der Waals surface area contributed by atoms with Crippen LogP contribution >= 0.6 is 0 Å². The van der Waals surface area contributed by atoms with Crippen LogP contribution in [0.2, 0.25) is 0 Å². The minimum absolute atomic E-state index is 0.0792. The van der Waals surface area contributed by atoms with Gasteiger partial charge in [0.1, 0.15) is 24.0 Å². The topological polar surface area (TPSA) is 81.0 Å². The van der Waals surface area contributed by atoms with Crippen molar-refractivity contribution in [3.63, 3.8) is 0 Å². The third-order valence-electron chi connectivity index (χ3n) is 7.28. The van der Waals surface area contributed by atoms with Crippen LogP contribution in [0.1, 0.15) is 26.2 Å². The molecule has 8 nitrogen and oxygen atoms in total. The Balaban J connectivity index is 1.41. The Labute approximate surface area is 220 Å². The molecular formula is C29H30FN7O. The van der Waals surface area contributed by atoms with E-state index in [9.17, 15) is 0 Å². The summed E-state index contributed by atoms with van der Waals surface area (Å²) in [5, 5.41) is 8.67. The molecule has 3 aromatic heterocycles. The first-order valence-electron chi connectivity index (χ1n) is 12.9. The molecule has 2 aromatic carbocycles. The normalized spacial score (nSPS) is 14.7. The van der Waals surface area contributed by atoms with Gasteiger partial charge in [0.25, 0.3) is 0 Å². The smallest absolute Gasteiger partial charge is 0.156 e. The molecule has 1 fully saturated rings. The van der Waals surface area contributed by atoms with E-state index < -0.39 is 0 Å². The van der Waals surface area contributed by atoms with E-state index in [1.54, 1.807) is 35.1 Å². The SMILES string of the molecule is C[C@H](CN(C)C1CCC1)Oc1cc(-c2cnn(C)c2)cc2ncnc(Nc3ccc4ncccc4c3F)c12. The Morgan fingerprint density at radius 2 is 2.00 bits per heavy atom. The van der Waals surface area contributed by atoms with Crippen molar-refractivity contribution in [2.45, 2.75) is 38.3 Å². The number of hydrogen-bond acceptors (Lipinski definition) is 7. The molecule has 6 rings (SSSR count). The Morgan fingerprint density at radius 3 is 2.76 bits per heavy atom. The molecule has 1 aliphatic carbocycles. The summed E-state index contributed by atoms with van der Waals surface area (Å²) >= 11 is 0. The highest BCUT2D eigenvalue weighted by molar-refractivity contribution is 5.99. The van der Waals surface area contributed by atoms with Crippen molar-refractivity contribution < 1.29 is 9.13 Å². The van der Waals surface area contributed by atoms with Gasteiger partial charge >= 0.3 is 0 Å². The lowest BCUT2D eigenvalue weighted by Crippen LogP contribution is -2.42. The molecule has 1 aliphatic rings. The molecule has 38 heavy (non-hydrogen) atoms. The van der Waals surface area contributed by atoms with Gasteiger partial charge < -0.3 is 10.1 Å². The molecular weight excluding hydrogens is 481 g/mol. The van der Waals surface area contributed by atoms with E-state index in [1.807, 2.05) is 31.6 Å². The molecule has 3 heterocycles. The van der Waals surface area contributed by atoms with Crippen LogP contribution in [-0.4, -0.2) is 55.4 Å². The second-order valence-electron chi connectivity index (χ2n) is 10.1. The van der Waals surface area contributed by atoms with E-state index in [1.165, 1.54) is 25.6 Å². The van der Waals surface area contributed by atoms with Gasteiger partial charge in [0, 0.05) is 43.0 Å². The first-order valence-corrected chi connectivity index (χ1v) is 12.9. The predicted octanol–water partition coefficient (Wildman–Crippen LogP) is 5.71. The zero-order valence-corrected chi connectivity index (χ0v) is 21.7. The summed E-state index contributed by atoms with van der Waals surface area (Å²) in [6.45, 7) is 2.87. The van der Waals surface area contributed by atoms with Crippen LogP contribution in [0.15, 0.2) is 61.3 Å². The Hall–Kier alpha value is -4.11. The number of anilines is 2. The summed E-state index contributed by atoms with van der Waals surface area (Å²) in [7, 11) is 4.04. The molecule has 0 aliphatic heterocycles. The first-order chi connectivity index (χ1) is 18.5. The van der Waals surface area contributed by atoms with Crippen LogP contribution < -0.4 is 10.1 Å². The number of aryl methyl sites for hydroxylation is 1. The van der Waals surface area contributed by atoms with Crippen LogP contribution in [0, 0.1) is 5.82 Å². The van der Waals surface area contributed by atoms with Crippen LogP contribution in [0.25, 0.3) is 32.9 Å². The lowest BCUT2D eigenvalue weighted by atomic mass is 9.92. The van der Waals surface area contributed by atoms with Crippen molar-refractivity contribution in [1.82, 2.24) is 29.6 Å². The fourth-order valence-electron chi connectivity index (χ4n) is 5.06. The van der Waals surface area contributed by atoms with Crippen molar-refractivity contribution >= 4 is 33.3 Å². The molecule has 0 radical (unpaired) electrons. The van der Waals surface area contributed by atoms with Crippen LogP contribution in [0.3, 0.4) is 0 Å². The number of nitrogens with zero attached hydrogens (tertiary/aromatic N) is 6. The third-order valence-corrected chi connectivity index (χ3v) is 7.28. The van der Waals surface area contributed by atoms with Crippen molar-refractivity contribution in [2.24, 2.45) is 7.05 Å². The van der Waals surface area contributed by atoms with E-state index in [2.05, 4.69) is 44.2 Å². The van der Waals surface area contributed by atoms with Gasteiger partial charge in [0.15, 0.2) is 5.82 Å². The highest BCUT2D eigenvalue weighted by Gasteiger charge is 2.24. The zero-order valence-electron chi connectivity index (χ0n) is 21.7. The number of hydrogen-bond donors (Lipinski definition) is 1. The number of likely N-dealkylation sites (N-methyl/N-ethyl adjacent to an activating group) is 1. The van der Waals surface area contributed by atoms with Gasteiger partial charge in [-0.15, -0.1) is 0 Å². The Morgan fingerprint density at radius 1 is 1.13 bits per heavy atom. The van der Waals surface area contributed by atoms with E-state index in [-0.39, 0.29) is 11.9 Å². The average Bonchev–Trinajstić information content (AvgIpc) is 3.31. The van der Waals surface area contributed by atoms with Crippen molar-refractivity contribution in [2.75, 3.05) is 18.9 Å². The average molecular weight is 512 g/mol. The zero-order chi connectivity index (χ0) is 26.2. The summed E-state index contributed by atoms with van der Waals surface area (Å²) in [5.41, 5.74) is 3.50. The molecule has 0 unspecified atom stereocenters. The van der Waals surface area contributed by atoms with Crippen LogP contribution in [0.4, 0.5) is 15.9 Å². The van der Waals surface area contributed by atoms with E-state index >= 15 is 4.39 Å². The van der Waals surface area contributed by atoms with Crippen molar-refractivity contribution in [3.05, 3.63) is 67.1 Å². The lowest BCUT2D eigenvalue weighted by Gasteiger charge is -2.36. The highest BCUT2D eigenvalue weighted by atomic mass is 19.1. The number of nitrogens with one attached hydrogen (secondary N) is 1. The summed E-state index contributed by atoms with van der Waals surface area (Å²) in [4.78, 5) is 15.7. The van der Waals surface area contributed by atoms with Crippen molar-refractivity contribution in [3.8, 4) is 16.9 Å². The molecule has 194 valence electrons. The molecule has 1 N–H and O–H groups in total. The molecule has 0 spiro atoms. The highest BCUT2D eigenvalue weighted by Crippen LogP contribution is 2.37. The number of aromatic nitrogens is 5. The van der Waals surface area contributed by atoms with Gasteiger partial charge in [0.2, 0.25) is 0 Å². The second-order valence-corrected chi connectivity index (χ2v) is 10.1. The molecule has 1 atom stereocenters. The monoisotopic (exact) mass is 511 g/mol. The fourth-order valence-corrected chi connectivity index (χ4v) is 5.06. The number of rotatable bonds is 8. The maximum absolute atomic E-state index is 15.4. The second kappa shape index (κ2) is 9.98. The van der Waals surface area contributed by atoms with Crippen molar-refractivity contribution in [1.29, 1.82) is 0 Å².